The minimum Gasteiger partial charge on any atom is -0.376 e. The quantitative estimate of drug-likeness (QED) is 0.706. The molecule has 4 heteroatoms. The third kappa shape index (κ3) is 4.62. The molecule has 1 saturated heterocycles. The maximum atomic E-state index is 11.6. The molecule has 4 nitrogen and oxygen atoms in total. The average molecular weight is 214 g/mol. The van der Waals surface area contributed by atoms with Gasteiger partial charge in [-0.15, -0.1) is 0 Å². The first-order chi connectivity index (χ1) is 7.24. The summed E-state index contributed by atoms with van der Waals surface area (Å²) >= 11 is 0. The summed E-state index contributed by atoms with van der Waals surface area (Å²) in [5.41, 5.74) is 5.40. The van der Waals surface area contributed by atoms with Crippen LogP contribution in [0.4, 0.5) is 0 Å². The van der Waals surface area contributed by atoms with Crippen LogP contribution in [-0.2, 0) is 9.53 Å². The van der Waals surface area contributed by atoms with E-state index in [1.165, 1.54) is 6.42 Å². The van der Waals surface area contributed by atoms with Crippen molar-refractivity contribution in [3.8, 4) is 0 Å². The van der Waals surface area contributed by atoms with Gasteiger partial charge < -0.3 is 15.8 Å². The predicted molar refractivity (Wildman–Crippen MR) is 59.4 cm³/mol. The Morgan fingerprint density at radius 3 is 3.00 bits per heavy atom. The zero-order chi connectivity index (χ0) is 11.1. The van der Waals surface area contributed by atoms with Crippen LogP contribution in [0.5, 0.6) is 0 Å². The standard InChI is InChI=1S/C11H22N2O2/c1-9(5-6-12)11(14)13-8-10-4-2-3-7-15-10/h9-10H,2-8,12H2,1H3,(H,13,14). The lowest BCUT2D eigenvalue weighted by Crippen LogP contribution is -2.38. The first-order valence-electron chi connectivity index (χ1n) is 5.83. The smallest absolute Gasteiger partial charge is 0.222 e. The molecule has 88 valence electrons. The molecule has 0 aromatic rings. The van der Waals surface area contributed by atoms with Gasteiger partial charge >= 0.3 is 0 Å². The number of carbonyl (C=O) groups excluding carboxylic acids is 1. The Balaban J connectivity index is 2.14. The Bertz CT molecular complexity index is 191. The van der Waals surface area contributed by atoms with E-state index in [4.69, 9.17) is 10.5 Å². The van der Waals surface area contributed by atoms with Gasteiger partial charge in [0.15, 0.2) is 0 Å². The fourth-order valence-electron chi connectivity index (χ4n) is 1.74. The zero-order valence-electron chi connectivity index (χ0n) is 9.50. The fourth-order valence-corrected chi connectivity index (χ4v) is 1.74. The van der Waals surface area contributed by atoms with Crippen molar-refractivity contribution in [2.24, 2.45) is 11.7 Å². The molecule has 1 rings (SSSR count). The van der Waals surface area contributed by atoms with Crippen molar-refractivity contribution >= 4 is 5.91 Å². The van der Waals surface area contributed by atoms with E-state index in [0.29, 0.717) is 13.1 Å². The minimum atomic E-state index is 0.0126. The van der Waals surface area contributed by atoms with E-state index >= 15 is 0 Å². The first kappa shape index (κ1) is 12.5. The molecular formula is C11H22N2O2. The number of rotatable bonds is 5. The summed E-state index contributed by atoms with van der Waals surface area (Å²) in [6.07, 6.45) is 4.38. The molecule has 1 amide bonds. The molecule has 0 aromatic carbocycles. The highest BCUT2D eigenvalue weighted by Crippen LogP contribution is 2.11. The van der Waals surface area contributed by atoms with Crippen molar-refractivity contribution in [2.45, 2.75) is 38.7 Å². The largest absolute Gasteiger partial charge is 0.376 e. The maximum absolute atomic E-state index is 11.6. The van der Waals surface area contributed by atoms with Crippen molar-refractivity contribution in [2.75, 3.05) is 19.7 Å². The van der Waals surface area contributed by atoms with Crippen LogP contribution in [-0.4, -0.2) is 31.7 Å². The van der Waals surface area contributed by atoms with Crippen molar-refractivity contribution in [1.82, 2.24) is 5.32 Å². The number of hydrogen-bond acceptors (Lipinski definition) is 3. The molecule has 1 aliphatic rings. The van der Waals surface area contributed by atoms with E-state index in [1.807, 2.05) is 6.92 Å². The van der Waals surface area contributed by atoms with E-state index in [2.05, 4.69) is 5.32 Å². The predicted octanol–water partition coefficient (Wildman–Crippen LogP) is 0.657. The average Bonchev–Trinajstić information content (AvgIpc) is 2.27. The van der Waals surface area contributed by atoms with E-state index in [0.717, 1.165) is 25.9 Å². The van der Waals surface area contributed by atoms with E-state index in [1.54, 1.807) is 0 Å². The van der Waals surface area contributed by atoms with Gasteiger partial charge in [0.25, 0.3) is 0 Å². The maximum Gasteiger partial charge on any atom is 0.222 e. The van der Waals surface area contributed by atoms with Gasteiger partial charge in [0.2, 0.25) is 5.91 Å². The molecule has 3 N–H and O–H groups in total. The van der Waals surface area contributed by atoms with E-state index in [9.17, 15) is 4.79 Å². The summed E-state index contributed by atoms with van der Waals surface area (Å²) in [5, 5.41) is 2.92. The SMILES string of the molecule is CC(CCN)C(=O)NCC1CCCCO1. The van der Waals surface area contributed by atoms with Crippen LogP contribution in [0.3, 0.4) is 0 Å². The highest BCUT2D eigenvalue weighted by Gasteiger charge is 2.16. The van der Waals surface area contributed by atoms with Crippen LogP contribution in [0.25, 0.3) is 0 Å². The second kappa shape index (κ2) is 6.80. The lowest BCUT2D eigenvalue weighted by Gasteiger charge is -2.23. The lowest BCUT2D eigenvalue weighted by atomic mass is 10.1. The Labute approximate surface area is 91.5 Å². The number of nitrogens with one attached hydrogen (secondary N) is 1. The molecule has 2 atom stereocenters. The van der Waals surface area contributed by atoms with Crippen LogP contribution in [0.1, 0.15) is 32.6 Å². The van der Waals surface area contributed by atoms with Crippen molar-refractivity contribution < 1.29 is 9.53 Å². The molecule has 2 unspecified atom stereocenters. The van der Waals surface area contributed by atoms with Crippen LogP contribution in [0, 0.1) is 5.92 Å². The molecule has 0 radical (unpaired) electrons. The molecule has 0 aromatic heterocycles. The summed E-state index contributed by atoms with van der Waals surface area (Å²) in [6.45, 7) is 3.95. The minimum absolute atomic E-state index is 0.0126. The van der Waals surface area contributed by atoms with Gasteiger partial charge in [0.1, 0.15) is 0 Å². The molecule has 0 aliphatic carbocycles. The molecule has 15 heavy (non-hydrogen) atoms. The second-order valence-electron chi connectivity index (χ2n) is 4.21. The van der Waals surface area contributed by atoms with Crippen LogP contribution in [0.15, 0.2) is 0 Å². The van der Waals surface area contributed by atoms with Crippen molar-refractivity contribution in [3.63, 3.8) is 0 Å². The Morgan fingerprint density at radius 1 is 1.60 bits per heavy atom. The number of ether oxygens (including phenoxy) is 1. The highest BCUT2D eigenvalue weighted by molar-refractivity contribution is 5.78. The zero-order valence-corrected chi connectivity index (χ0v) is 9.50. The Morgan fingerprint density at radius 2 is 2.40 bits per heavy atom. The monoisotopic (exact) mass is 214 g/mol. The lowest BCUT2D eigenvalue weighted by molar-refractivity contribution is -0.125. The second-order valence-corrected chi connectivity index (χ2v) is 4.21. The van der Waals surface area contributed by atoms with Gasteiger partial charge in [0, 0.05) is 19.1 Å². The van der Waals surface area contributed by atoms with Crippen LogP contribution >= 0.6 is 0 Å². The summed E-state index contributed by atoms with van der Waals surface area (Å²) in [4.78, 5) is 11.6. The molecule has 0 bridgehead atoms. The van der Waals surface area contributed by atoms with Crippen molar-refractivity contribution in [1.29, 1.82) is 0 Å². The number of carbonyl (C=O) groups is 1. The van der Waals surface area contributed by atoms with E-state index < -0.39 is 0 Å². The van der Waals surface area contributed by atoms with Gasteiger partial charge in [-0.25, -0.2) is 0 Å². The van der Waals surface area contributed by atoms with E-state index in [-0.39, 0.29) is 17.9 Å². The van der Waals surface area contributed by atoms with Gasteiger partial charge in [-0.3, -0.25) is 4.79 Å². The van der Waals surface area contributed by atoms with Gasteiger partial charge in [-0.05, 0) is 32.2 Å². The Hall–Kier alpha value is -0.610. The first-order valence-corrected chi connectivity index (χ1v) is 5.83. The number of nitrogens with two attached hydrogens (primary N) is 1. The third-order valence-corrected chi connectivity index (χ3v) is 2.83. The molecular weight excluding hydrogens is 192 g/mol. The van der Waals surface area contributed by atoms with Crippen molar-refractivity contribution in [3.05, 3.63) is 0 Å². The van der Waals surface area contributed by atoms with Gasteiger partial charge in [-0.2, -0.15) is 0 Å². The Kier molecular flexibility index (Phi) is 5.65. The molecule has 0 saturated carbocycles. The fraction of sp³-hybridized carbons (Fsp3) is 0.909. The van der Waals surface area contributed by atoms with Gasteiger partial charge in [0.05, 0.1) is 6.10 Å². The van der Waals surface area contributed by atoms with Gasteiger partial charge in [-0.1, -0.05) is 6.92 Å². The summed E-state index contributed by atoms with van der Waals surface area (Å²) < 4.78 is 5.53. The summed E-state index contributed by atoms with van der Waals surface area (Å²) in [6, 6.07) is 0. The highest BCUT2D eigenvalue weighted by atomic mass is 16.5. The third-order valence-electron chi connectivity index (χ3n) is 2.83. The molecule has 1 aliphatic heterocycles. The summed E-state index contributed by atoms with van der Waals surface area (Å²) in [7, 11) is 0. The number of amides is 1. The normalized spacial score (nSPS) is 23.5. The topological polar surface area (TPSA) is 64.4 Å². The number of hydrogen-bond donors (Lipinski definition) is 2. The van der Waals surface area contributed by atoms with Crippen LogP contribution in [0.2, 0.25) is 0 Å². The molecule has 1 heterocycles. The summed E-state index contributed by atoms with van der Waals surface area (Å²) in [5.74, 6) is 0.105. The molecule has 1 fully saturated rings. The van der Waals surface area contributed by atoms with Crippen LogP contribution < -0.4 is 11.1 Å². The molecule has 0 spiro atoms.